The van der Waals surface area contributed by atoms with E-state index in [4.69, 9.17) is 4.74 Å². The summed E-state index contributed by atoms with van der Waals surface area (Å²) in [5.74, 6) is -5.09. The lowest BCUT2D eigenvalue weighted by Gasteiger charge is -2.32. The molecule has 0 radical (unpaired) electrons. The van der Waals surface area contributed by atoms with E-state index in [0.29, 0.717) is 0 Å². The van der Waals surface area contributed by atoms with Crippen LogP contribution >= 0.6 is 0 Å². The van der Waals surface area contributed by atoms with E-state index in [-0.39, 0.29) is 24.0 Å². The van der Waals surface area contributed by atoms with Crippen LogP contribution in [0.3, 0.4) is 0 Å². The summed E-state index contributed by atoms with van der Waals surface area (Å²) in [6.45, 7) is -1.29. The maximum absolute atomic E-state index is 13.3. The van der Waals surface area contributed by atoms with Crippen LogP contribution in [0, 0.1) is 11.7 Å². The quantitative estimate of drug-likeness (QED) is 0.707. The Bertz CT molecular complexity index is 758. The van der Waals surface area contributed by atoms with Gasteiger partial charge in [-0.1, -0.05) is 13.0 Å². The molecule has 1 aliphatic heterocycles. The van der Waals surface area contributed by atoms with Gasteiger partial charge in [-0.05, 0) is 37.0 Å². The molecule has 0 unspecified atom stereocenters. The van der Waals surface area contributed by atoms with Crippen molar-refractivity contribution < 1.29 is 45.7 Å². The van der Waals surface area contributed by atoms with E-state index in [1.807, 2.05) is 0 Å². The van der Waals surface area contributed by atoms with E-state index >= 15 is 0 Å². The summed E-state index contributed by atoms with van der Waals surface area (Å²) >= 11 is 0. The Morgan fingerprint density at radius 3 is 2.48 bits per heavy atom. The van der Waals surface area contributed by atoms with Gasteiger partial charge >= 0.3 is 18.8 Å². The molecule has 1 aliphatic rings. The van der Waals surface area contributed by atoms with Gasteiger partial charge in [0, 0.05) is 12.0 Å². The second-order valence-corrected chi connectivity index (χ2v) is 6.22. The van der Waals surface area contributed by atoms with Gasteiger partial charge in [-0.2, -0.15) is 22.0 Å². The maximum atomic E-state index is 13.3. The van der Waals surface area contributed by atoms with E-state index in [0.717, 1.165) is 25.1 Å². The third-order valence-electron chi connectivity index (χ3n) is 4.62. The first-order valence-electron chi connectivity index (χ1n) is 7.82. The average Bonchev–Trinajstić information content (AvgIpc) is 2.79. The largest absolute Gasteiger partial charge is 0.475 e. The molecule has 2 atom stereocenters. The average molecular weight is 398 g/mol. The van der Waals surface area contributed by atoms with Crippen molar-refractivity contribution in [3.8, 4) is 5.75 Å². The number of ether oxygens (including phenoxy) is 2. The van der Waals surface area contributed by atoms with E-state index in [1.165, 1.54) is 6.92 Å². The molecule has 0 aliphatic carbocycles. The minimum atomic E-state index is -4.82. The zero-order valence-electron chi connectivity index (χ0n) is 14.2. The number of benzene rings is 1. The summed E-state index contributed by atoms with van der Waals surface area (Å²) in [5, 5.41) is 9.18. The minimum Gasteiger partial charge on any atom is -0.475 e. The Kier molecular flexibility index (Phi) is 5.67. The number of carbonyl (C=O) groups is 1. The highest BCUT2D eigenvalue weighted by Gasteiger charge is 2.62. The number of carboxylic acid groups (broad SMARTS) is 1. The summed E-state index contributed by atoms with van der Waals surface area (Å²) in [7, 11) is 0. The molecule has 0 aromatic heterocycles. The van der Waals surface area contributed by atoms with Crippen molar-refractivity contribution in [1.82, 2.24) is 0 Å². The van der Waals surface area contributed by atoms with Crippen molar-refractivity contribution in [2.24, 2.45) is 5.92 Å². The lowest BCUT2D eigenvalue weighted by atomic mass is 9.83. The van der Waals surface area contributed by atoms with Crippen LogP contribution in [0.4, 0.5) is 26.3 Å². The number of carboxylic acids is 1. The highest BCUT2D eigenvalue weighted by Crippen LogP contribution is 2.50. The van der Waals surface area contributed by atoms with Gasteiger partial charge in [0.25, 0.3) is 0 Å². The topological polar surface area (TPSA) is 55.8 Å². The van der Waals surface area contributed by atoms with Gasteiger partial charge in [0.1, 0.15) is 11.6 Å². The Labute approximate surface area is 150 Å². The van der Waals surface area contributed by atoms with Gasteiger partial charge in [-0.25, -0.2) is 9.18 Å². The first kappa shape index (κ1) is 20.9. The Balaban J connectivity index is 2.30. The number of aliphatic carboxylic acids is 1. The van der Waals surface area contributed by atoms with Crippen LogP contribution in [-0.4, -0.2) is 29.5 Å². The van der Waals surface area contributed by atoms with E-state index < -0.39 is 47.6 Å². The Morgan fingerprint density at radius 2 is 1.96 bits per heavy atom. The van der Waals surface area contributed by atoms with Crippen molar-refractivity contribution in [3.63, 3.8) is 0 Å². The standard InChI is InChI=1S/C17H16F6O4/c1-8-11(13(14(24)25)27-16(8,2)17(21,22)23)6-4-9-3-5-10(18)7-12(9)26-15(19)20/h3,5,7-8,15H,4,6H2,1-2H3,(H,24,25)/t8-,16+/m1/s1. The number of halogens is 6. The molecular formula is C17H16F6O4. The monoisotopic (exact) mass is 398 g/mol. The number of hydrogen-bond acceptors (Lipinski definition) is 3. The third-order valence-corrected chi connectivity index (χ3v) is 4.62. The molecule has 1 heterocycles. The smallest absolute Gasteiger partial charge is 0.428 e. The highest BCUT2D eigenvalue weighted by atomic mass is 19.4. The minimum absolute atomic E-state index is 0.0988. The van der Waals surface area contributed by atoms with E-state index in [2.05, 4.69) is 4.74 Å². The van der Waals surface area contributed by atoms with Gasteiger partial charge < -0.3 is 14.6 Å². The molecule has 4 nitrogen and oxygen atoms in total. The molecule has 0 saturated heterocycles. The number of alkyl halides is 5. The molecule has 27 heavy (non-hydrogen) atoms. The third kappa shape index (κ3) is 4.14. The number of aryl methyl sites for hydroxylation is 1. The zero-order chi connectivity index (χ0) is 20.6. The lowest BCUT2D eigenvalue weighted by Crippen LogP contribution is -2.47. The van der Waals surface area contributed by atoms with Crippen LogP contribution < -0.4 is 4.74 Å². The number of hydrogen-bond donors (Lipinski definition) is 1. The van der Waals surface area contributed by atoms with Crippen molar-refractivity contribution in [1.29, 1.82) is 0 Å². The summed E-state index contributed by atoms with van der Waals surface area (Å²) in [4.78, 5) is 11.3. The van der Waals surface area contributed by atoms with Crippen molar-refractivity contribution in [2.75, 3.05) is 0 Å². The van der Waals surface area contributed by atoms with Crippen LogP contribution in [0.5, 0.6) is 5.75 Å². The molecule has 0 spiro atoms. The zero-order valence-corrected chi connectivity index (χ0v) is 14.2. The summed E-state index contributed by atoms with van der Waals surface area (Å²) < 4.78 is 87.1. The predicted molar refractivity (Wildman–Crippen MR) is 80.7 cm³/mol. The normalized spacial score (nSPS) is 22.9. The highest BCUT2D eigenvalue weighted by molar-refractivity contribution is 5.86. The predicted octanol–water partition coefficient (Wildman–Crippen LogP) is 4.69. The van der Waals surface area contributed by atoms with Gasteiger partial charge in [-0.15, -0.1) is 0 Å². The molecule has 0 saturated carbocycles. The SMILES string of the molecule is C[C@@H]1C(CCc2ccc(F)cc2OC(F)F)=C(C(=O)O)O[C@]1(C)C(F)(F)F. The molecule has 1 aromatic carbocycles. The first-order valence-corrected chi connectivity index (χ1v) is 7.82. The van der Waals surface area contributed by atoms with Crippen LogP contribution in [0.1, 0.15) is 25.8 Å². The summed E-state index contributed by atoms with van der Waals surface area (Å²) in [5.41, 5.74) is -2.74. The van der Waals surface area contributed by atoms with Crippen LogP contribution in [0.15, 0.2) is 29.5 Å². The molecular weight excluding hydrogens is 382 g/mol. The van der Waals surface area contributed by atoms with E-state index in [9.17, 15) is 36.2 Å². The van der Waals surface area contributed by atoms with Crippen molar-refractivity contribution in [3.05, 3.63) is 40.9 Å². The van der Waals surface area contributed by atoms with Crippen molar-refractivity contribution in [2.45, 2.75) is 45.1 Å². The Hall–Kier alpha value is -2.39. The lowest BCUT2D eigenvalue weighted by molar-refractivity contribution is -0.263. The first-order chi connectivity index (χ1) is 12.4. The van der Waals surface area contributed by atoms with Gasteiger partial charge in [0.15, 0.2) is 0 Å². The van der Waals surface area contributed by atoms with Crippen LogP contribution in [-0.2, 0) is 16.0 Å². The molecule has 2 rings (SSSR count). The van der Waals surface area contributed by atoms with E-state index in [1.54, 1.807) is 0 Å². The fourth-order valence-corrected chi connectivity index (χ4v) is 2.92. The molecule has 1 N–H and O–H groups in total. The van der Waals surface area contributed by atoms with Gasteiger partial charge in [-0.3, -0.25) is 0 Å². The molecule has 150 valence electrons. The molecule has 10 heteroatoms. The van der Waals surface area contributed by atoms with Crippen LogP contribution in [0.25, 0.3) is 0 Å². The van der Waals surface area contributed by atoms with Gasteiger partial charge in [0.2, 0.25) is 11.4 Å². The fraction of sp³-hybridized carbons (Fsp3) is 0.471. The number of rotatable bonds is 6. The second kappa shape index (κ2) is 7.32. The molecule has 0 amide bonds. The molecule has 1 aromatic rings. The second-order valence-electron chi connectivity index (χ2n) is 6.22. The fourth-order valence-electron chi connectivity index (χ4n) is 2.92. The molecule has 0 bridgehead atoms. The van der Waals surface area contributed by atoms with Gasteiger partial charge in [0.05, 0.1) is 0 Å². The van der Waals surface area contributed by atoms with Crippen LogP contribution in [0.2, 0.25) is 0 Å². The Morgan fingerprint density at radius 1 is 1.33 bits per heavy atom. The summed E-state index contributed by atoms with van der Waals surface area (Å²) in [6, 6.07) is 2.86. The summed E-state index contributed by atoms with van der Waals surface area (Å²) in [6.07, 6.45) is -5.19. The maximum Gasteiger partial charge on any atom is 0.428 e. The molecule has 0 fully saturated rings. The van der Waals surface area contributed by atoms with Crippen molar-refractivity contribution >= 4 is 5.97 Å².